The predicted octanol–water partition coefficient (Wildman–Crippen LogP) is 2.68. The largest absolute Gasteiger partial charge is 0.478 e. The van der Waals surface area contributed by atoms with Crippen molar-refractivity contribution < 1.29 is 19.5 Å². The first-order valence-electron chi connectivity index (χ1n) is 8.90. The average molecular weight is 366 g/mol. The molecule has 6 heteroatoms. The standard InChI is InChI=1S/C21H22N2O4/c1-3-22(2)19(24)15-5-4-6-16(11-15)20(25)23-10-9-14-7-8-17(21(26)27)12-18(14)13-23/h4-8,11-12H,3,9-10,13H2,1-2H3,(H,26,27). The molecule has 0 aromatic heterocycles. The molecule has 2 aromatic rings. The van der Waals surface area contributed by atoms with E-state index in [1.165, 1.54) is 0 Å². The van der Waals surface area contributed by atoms with Crippen molar-refractivity contribution in [2.45, 2.75) is 19.9 Å². The normalized spacial score (nSPS) is 13.0. The van der Waals surface area contributed by atoms with Gasteiger partial charge in [-0.15, -0.1) is 0 Å². The van der Waals surface area contributed by atoms with Gasteiger partial charge in [-0.25, -0.2) is 4.79 Å². The molecule has 0 aliphatic carbocycles. The van der Waals surface area contributed by atoms with Crippen molar-refractivity contribution in [1.82, 2.24) is 9.80 Å². The molecular weight excluding hydrogens is 344 g/mol. The van der Waals surface area contributed by atoms with Crippen molar-refractivity contribution in [1.29, 1.82) is 0 Å². The lowest BCUT2D eigenvalue weighted by molar-refractivity contribution is 0.0696. The van der Waals surface area contributed by atoms with Crippen molar-refractivity contribution in [2.75, 3.05) is 20.1 Å². The fraction of sp³-hybridized carbons (Fsp3) is 0.286. The van der Waals surface area contributed by atoms with Gasteiger partial charge in [0.25, 0.3) is 11.8 Å². The molecule has 2 aromatic carbocycles. The molecule has 0 unspecified atom stereocenters. The quantitative estimate of drug-likeness (QED) is 0.902. The van der Waals surface area contributed by atoms with Crippen LogP contribution in [0.2, 0.25) is 0 Å². The van der Waals surface area contributed by atoms with Gasteiger partial charge in [-0.3, -0.25) is 9.59 Å². The maximum atomic E-state index is 12.9. The minimum atomic E-state index is -0.979. The van der Waals surface area contributed by atoms with Crippen molar-refractivity contribution in [3.8, 4) is 0 Å². The first-order valence-corrected chi connectivity index (χ1v) is 8.90. The smallest absolute Gasteiger partial charge is 0.335 e. The second kappa shape index (κ2) is 7.61. The van der Waals surface area contributed by atoms with Gasteiger partial charge in [0, 0.05) is 37.8 Å². The highest BCUT2D eigenvalue weighted by Crippen LogP contribution is 2.22. The number of nitrogens with zero attached hydrogens (tertiary/aromatic N) is 2. The number of carbonyl (C=O) groups is 3. The molecule has 0 atom stereocenters. The monoisotopic (exact) mass is 366 g/mol. The number of fused-ring (bicyclic) bond motifs is 1. The van der Waals surface area contributed by atoms with E-state index in [0.29, 0.717) is 37.2 Å². The Morgan fingerprint density at radius 2 is 1.78 bits per heavy atom. The zero-order chi connectivity index (χ0) is 19.6. The molecule has 0 saturated heterocycles. The SMILES string of the molecule is CCN(C)C(=O)c1cccc(C(=O)N2CCc3ccc(C(=O)O)cc3C2)c1. The van der Waals surface area contributed by atoms with E-state index >= 15 is 0 Å². The van der Waals surface area contributed by atoms with E-state index in [0.717, 1.165) is 11.1 Å². The van der Waals surface area contributed by atoms with Crippen molar-refractivity contribution >= 4 is 17.8 Å². The minimum absolute atomic E-state index is 0.123. The number of amides is 2. The third-order valence-corrected chi connectivity index (χ3v) is 4.93. The molecule has 1 aliphatic heterocycles. The number of benzene rings is 2. The summed E-state index contributed by atoms with van der Waals surface area (Å²) in [6, 6.07) is 11.8. The molecule has 1 N–H and O–H groups in total. The van der Waals surface area contributed by atoms with E-state index in [1.54, 1.807) is 53.2 Å². The number of aromatic carboxylic acids is 1. The molecule has 3 rings (SSSR count). The van der Waals surface area contributed by atoms with Crippen LogP contribution in [0.1, 0.15) is 49.1 Å². The fourth-order valence-corrected chi connectivity index (χ4v) is 3.20. The maximum Gasteiger partial charge on any atom is 0.335 e. The predicted molar refractivity (Wildman–Crippen MR) is 101 cm³/mol. The van der Waals surface area contributed by atoms with Gasteiger partial charge in [0.1, 0.15) is 0 Å². The Morgan fingerprint density at radius 1 is 1.04 bits per heavy atom. The van der Waals surface area contributed by atoms with E-state index in [4.69, 9.17) is 0 Å². The first-order chi connectivity index (χ1) is 12.9. The number of rotatable bonds is 4. The van der Waals surface area contributed by atoms with E-state index in [2.05, 4.69) is 0 Å². The fourth-order valence-electron chi connectivity index (χ4n) is 3.20. The number of carbonyl (C=O) groups excluding carboxylic acids is 2. The Hall–Kier alpha value is -3.15. The van der Waals surface area contributed by atoms with Crippen LogP contribution in [0.3, 0.4) is 0 Å². The summed E-state index contributed by atoms with van der Waals surface area (Å²) < 4.78 is 0. The van der Waals surface area contributed by atoms with Gasteiger partial charge < -0.3 is 14.9 Å². The Morgan fingerprint density at radius 3 is 2.48 bits per heavy atom. The Labute approximate surface area is 158 Å². The van der Waals surface area contributed by atoms with Gasteiger partial charge in [-0.2, -0.15) is 0 Å². The second-order valence-electron chi connectivity index (χ2n) is 6.67. The molecular formula is C21H22N2O4. The minimum Gasteiger partial charge on any atom is -0.478 e. The van der Waals surface area contributed by atoms with Crippen LogP contribution in [0.15, 0.2) is 42.5 Å². The van der Waals surface area contributed by atoms with Crippen LogP contribution in [0.5, 0.6) is 0 Å². The van der Waals surface area contributed by atoms with Crippen LogP contribution in [-0.2, 0) is 13.0 Å². The summed E-state index contributed by atoms with van der Waals surface area (Å²) in [4.78, 5) is 39.7. The summed E-state index contributed by atoms with van der Waals surface area (Å²) in [5, 5.41) is 9.17. The van der Waals surface area contributed by atoms with Gasteiger partial charge in [0.05, 0.1) is 5.56 Å². The topological polar surface area (TPSA) is 77.9 Å². The molecule has 6 nitrogen and oxygen atoms in total. The molecule has 27 heavy (non-hydrogen) atoms. The van der Waals surface area contributed by atoms with Crippen molar-refractivity contribution in [2.24, 2.45) is 0 Å². The Bertz CT molecular complexity index is 907. The van der Waals surface area contributed by atoms with Gasteiger partial charge in [-0.1, -0.05) is 12.1 Å². The Kier molecular flexibility index (Phi) is 5.26. The molecule has 0 saturated carbocycles. The average Bonchev–Trinajstić information content (AvgIpc) is 2.71. The molecule has 0 radical (unpaired) electrons. The highest BCUT2D eigenvalue weighted by atomic mass is 16.4. The summed E-state index contributed by atoms with van der Waals surface area (Å²) in [5.74, 6) is -1.26. The van der Waals surface area contributed by atoms with E-state index in [-0.39, 0.29) is 17.4 Å². The van der Waals surface area contributed by atoms with E-state index in [9.17, 15) is 19.5 Å². The summed E-state index contributed by atoms with van der Waals surface area (Å²) in [6.07, 6.45) is 0.679. The number of hydrogen-bond acceptors (Lipinski definition) is 3. The van der Waals surface area contributed by atoms with E-state index in [1.807, 2.05) is 13.0 Å². The number of carboxylic acid groups (broad SMARTS) is 1. The van der Waals surface area contributed by atoms with Crippen LogP contribution >= 0.6 is 0 Å². The molecule has 1 aliphatic rings. The lowest BCUT2D eigenvalue weighted by Gasteiger charge is -2.29. The van der Waals surface area contributed by atoms with Gasteiger partial charge >= 0.3 is 5.97 Å². The van der Waals surface area contributed by atoms with Crippen molar-refractivity contribution in [3.05, 3.63) is 70.3 Å². The Balaban J connectivity index is 1.82. The molecule has 2 amide bonds. The van der Waals surface area contributed by atoms with Crippen LogP contribution in [0, 0.1) is 0 Å². The lowest BCUT2D eigenvalue weighted by atomic mass is 9.96. The van der Waals surface area contributed by atoms with Gasteiger partial charge in [-0.05, 0) is 54.8 Å². The summed E-state index contributed by atoms with van der Waals surface area (Å²) in [5.41, 5.74) is 3.09. The molecule has 0 spiro atoms. The molecule has 0 fully saturated rings. The maximum absolute atomic E-state index is 12.9. The molecule has 1 heterocycles. The lowest BCUT2D eigenvalue weighted by Crippen LogP contribution is -2.36. The number of hydrogen-bond donors (Lipinski definition) is 1. The van der Waals surface area contributed by atoms with Crippen LogP contribution < -0.4 is 0 Å². The number of carboxylic acids is 1. The van der Waals surface area contributed by atoms with Crippen LogP contribution in [0.4, 0.5) is 0 Å². The molecule has 0 bridgehead atoms. The summed E-state index contributed by atoms with van der Waals surface area (Å²) in [7, 11) is 1.72. The van der Waals surface area contributed by atoms with Crippen molar-refractivity contribution in [3.63, 3.8) is 0 Å². The third kappa shape index (κ3) is 3.84. The van der Waals surface area contributed by atoms with E-state index < -0.39 is 5.97 Å². The zero-order valence-electron chi connectivity index (χ0n) is 15.4. The third-order valence-electron chi connectivity index (χ3n) is 4.93. The van der Waals surface area contributed by atoms with Gasteiger partial charge in [0.15, 0.2) is 0 Å². The second-order valence-corrected chi connectivity index (χ2v) is 6.67. The summed E-state index contributed by atoms with van der Waals surface area (Å²) >= 11 is 0. The van der Waals surface area contributed by atoms with Crippen LogP contribution in [-0.4, -0.2) is 52.8 Å². The van der Waals surface area contributed by atoms with Crippen LogP contribution in [0.25, 0.3) is 0 Å². The molecule has 140 valence electrons. The highest BCUT2D eigenvalue weighted by molar-refractivity contribution is 5.99. The zero-order valence-corrected chi connectivity index (χ0v) is 15.4. The van der Waals surface area contributed by atoms with Gasteiger partial charge in [0.2, 0.25) is 0 Å². The summed E-state index contributed by atoms with van der Waals surface area (Å²) in [6.45, 7) is 3.41. The highest BCUT2D eigenvalue weighted by Gasteiger charge is 2.23. The first kappa shape index (κ1) is 18.6.